The van der Waals surface area contributed by atoms with Crippen LogP contribution >= 0.6 is 11.3 Å². The molecule has 2 aromatic rings. The molecule has 26 heavy (non-hydrogen) atoms. The maximum absolute atomic E-state index is 12.4. The summed E-state index contributed by atoms with van der Waals surface area (Å²) in [6.45, 7) is 5.44. The van der Waals surface area contributed by atoms with Gasteiger partial charge in [0.1, 0.15) is 0 Å². The number of rotatable bonds is 7. The molecule has 7 heteroatoms. The van der Waals surface area contributed by atoms with E-state index >= 15 is 0 Å². The minimum absolute atomic E-state index is 0.121. The number of carbonyl (C=O) groups excluding carboxylic acids is 3. The molecule has 0 unspecified atom stereocenters. The summed E-state index contributed by atoms with van der Waals surface area (Å²) in [4.78, 5) is 36.9. The molecule has 0 atom stereocenters. The third-order valence-electron chi connectivity index (χ3n) is 4.40. The highest BCUT2D eigenvalue weighted by Gasteiger charge is 2.29. The number of aryl methyl sites for hydroxylation is 1. The van der Waals surface area contributed by atoms with Crippen LogP contribution in [0.15, 0.2) is 18.2 Å². The number of amides is 1. The lowest BCUT2D eigenvalue weighted by Gasteiger charge is -2.07. The maximum atomic E-state index is 12.4. The van der Waals surface area contributed by atoms with Gasteiger partial charge in [0.2, 0.25) is 11.7 Å². The number of ether oxygens (including phenoxy) is 1. The largest absolute Gasteiger partial charge is 0.454 e. The van der Waals surface area contributed by atoms with Gasteiger partial charge in [-0.1, -0.05) is 0 Å². The molecular formula is C19H22N2O4S. The van der Waals surface area contributed by atoms with Crippen molar-refractivity contribution in [3.05, 3.63) is 44.9 Å². The molecule has 1 N–H and O–H groups in total. The van der Waals surface area contributed by atoms with Crippen LogP contribution in [0.4, 0.5) is 0 Å². The summed E-state index contributed by atoms with van der Waals surface area (Å²) < 4.78 is 7.41. The second kappa shape index (κ2) is 7.45. The quantitative estimate of drug-likeness (QED) is 0.596. The minimum Gasteiger partial charge on any atom is -0.454 e. The summed E-state index contributed by atoms with van der Waals surface area (Å²) in [6, 6.07) is 5.80. The molecule has 0 aromatic carbocycles. The van der Waals surface area contributed by atoms with Crippen molar-refractivity contribution in [2.75, 3.05) is 6.61 Å². The van der Waals surface area contributed by atoms with Crippen LogP contribution in [-0.4, -0.2) is 28.8 Å². The zero-order chi connectivity index (χ0) is 18.8. The van der Waals surface area contributed by atoms with Gasteiger partial charge in [-0.05, 0) is 44.9 Å². The van der Waals surface area contributed by atoms with Crippen molar-refractivity contribution in [3.63, 3.8) is 0 Å². The molecular weight excluding hydrogens is 352 g/mol. The van der Waals surface area contributed by atoms with E-state index in [1.54, 1.807) is 12.1 Å². The molecule has 138 valence electrons. The lowest BCUT2D eigenvalue weighted by molar-refractivity contribution is -0.119. The van der Waals surface area contributed by atoms with E-state index in [9.17, 15) is 14.4 Å². The lowest BCUT2D eigenvalue weighted by atomic mass is 10.2. The second-order valence-electron chi connectivity index (χ2n) is 6.56. The Morgan fingerprint density at radius 2 is 2.00 bits per heavy atom. The highest BCUT2D eigenvalue weighted by Crippen LogP contribution is 2.38. The Hall–Kier alpha value is -2.41. The van der Waals surface area contributed by atoms with Crippen LogP contribution in [0.3, 0.4) is 0 Å². The lowest BCUT2D eigenvalue weighted by Crippen LogP contribution is -2.18. The Morgan fingerprint density at radius 3 is 2.65 bits per heavy atom. The van der Waals surface area contributed by atoms with Crippen molar-refractivity contribution in [3.8, 4) is 0 Å². The van der Waals surface area contributed by atoms with Crippen LogP contribution in [-0.2, 0) is 16.1 Å². The average molecular weight is 374 g/mol. The van der Waals surface area contributed by atoms with Gasteiger partial charge >= 0.3 is 5.97 Å². The van der Waals surface area contributed by atoms with E-state index in [1.807, 2.05) is 19.9 Å². The van der Waals surface area contributed by atoms with Gasteiger partial charge in [0, 0.05) is 29.2 Å². The molecule has 3 rings (SSSR count). The molecule has 2 heterocycles. The van der Waals surface area contributed by atoms with Crippen LogP contribution in [0.5, 0.6) is 0 Å². The normalized spacial score (nSPS) is 13.5. The molecule has 2 aromatic heterocycles. The Bertz CT molecular complexity index is 861. The molecule has 6 nitrogen and oxygen atoms in total. The van der Waals surface area contributed by atoms with E-state index in [2.05, 4.69) is 9.88 Å². The van der Waals surface area contributed by atoms with Gasteiger partial charge in [0.05, 0.1) is 17.0 Å². The number of Topliss-reactive ketones (excluding diaryl/α,β-unsaturated/α-hetero) is 1. The highest BCUT2D eigenvalue weighted by atomic mass is 32.1. The van der Waals surface area contributed by atoms with Crippen molar-refractivity contribution in [1.82, 2.24) is 9.88 Å². The van der Waals surface area contributed by atoms with E-state index in [-0.39, 0.29) is 18.3 Å². The maximum Gasteiger partial charge on any atom is 0.340 e. The molecule has 1 aliphatic carbocycles. The standard InChI is InChI=1S/C19H22N2O4S/c1-11-8-16(12(2)21(11)14-4-5-14)19(24)25-10-17(23)18-7-6-15(26-18)9-20-13(3)22/h6-8,14H,4-5,9-10H2,1-3H3,(H,20,22). The summed E-state index contributed by atoms with van der Waals surface area (Å²) in [5.74, 6) is -0.828. The van der Waals surface area contributed by atoms with Crippen molar-refractivity contribution in [2.45, 2.75) is 46.2 Å². The first kappa shape index (κ1) is 18.4. The van der Waals surface area contributed by atoms with Crippen molar-refractivity contribution in [1.29, 1.82) is 0 Å². The summed E-state index contributed by atoms with van der Waals surface area (Å²) in [7, 11) is 0. The van der Waals surface area contributed by atoms with Gasteiger partial charge in [-0.3, -0.25) is 9.59 Å². The molecule has 0 bridgehead atoms. The van der Waals surface area contributed by atoms with Gasteiger partial charge in [-0.2, -0.15) is 0 Å². The van der Waals surface area contributed by atoms with Crippen molar-refractivity contribution < 1.29 is 19.1 Å². The van der Waals surface area contributed by atoms with Crippen LogP contribution in [0, 0.1) is 13.8 Å². The van der Waals surface area contributed by atoms with Gasteiger partial charge < -0.3 is 14.6 Å². The average Bonchev–Trinajstić information content (AvgIpc) is 3.22. The topological polar surface area (TPSA) is 77.4 Å². The van der Waals surface area contributed by atoms with Crippen LogP contribution in [0.25, 0.3) is 0 Å². The van der Waals surface area contributed by atoms with Crippen molar-refractivity contribution in [2.24, 2.45) is 0 Å². The highest BCUT2D eigenvalue weighted by molar-refractivity contribution is 7.14. The Morgan fingerprint density at radius 1 is 1.27 bits per heavy atom. The summed E-state index contributed by atoms with van der Waals surface area (Å²) >= 11 is 1.29. The van der Waals surface area contributed by atoms with E-state index in [0.29, 0.717) is 23.0 Å². The number of esters is 1. The fourth-order valence-corrected chi connectivity index (χ4v) is 3.86. The Labute approximate surface area is 156 Å². The third-order valence-corrected chi connectivity index (χ3v) is 5.52. The first-order chi connectivity index (χ1) is 12.4. The second-order valence-corrected chi connectivity index (χ2v) is 7.73. The zero-order valence-electron chi connectivity index (χ0n) is 15.1. The summed E-state index contributed by atoms with van der Waals surface area (Å²) in [5, 5.41) is 2.69. The predicted molar refractivity (Wildman–Crippen MR) is 98.6 cm³/mol. The van der Waals surface area contributed by atoms with Crippen LogP contribution < -0.4 is 5.32 Å². The Kier molecular flexibility index (Phi) is 5.27. The fraction of sp³-hybridized carbons (Fsp3) is 0.421. The molecule has 0 radical (unpaired) electrons. The summed E-state index contributed by atoms with van der Waals surface area (Å²) in [5.41, 5.74) is 2.47. The molecule has 0 spiro atoms. The Balaban J connectivity index is 1.58. The third kappa shape index (κ3) is 4.04. The predicted octanol–water partition coefficient (Wildman–Crippen LogP) is 3.18. The SMILES string of the molecule is CC(=O)NCc1ccc(C(=O)COC(=O)c2cc(C)n(C3CC3)c2C)s1. The number of hydrogen-bond acceptors (Lipinski definition) is 5. The first-order valence-corrected chi connectivity index (χ1v) is 9.40. The van der Waals surface area contributed by atoms with Gasteiger partial charge in [-0.15, -0.1) is 11.3 Å². The number of aromatic nitrogens is 1. The molecule has 0 saturated heterocycles. The monoisotopic (exact) mass is 374 g/mol. The molecule has 1 saturated carbocycles. The van der Waals surface area contributed by atoms with Gasteiger partial charge in [0.25, 0.3) is 0 Å². The van der Waals surface area contributed by atoms with Crippen LogP contribution in [0.2, 0.25) is 0 Å². The first-order valence-electron chi connectivity index (χ1n) is 8.58. The molecule has 1 fully saturated rings. The van der Waals surface area contributed by atoms with E-state index in [1.165, 1.54) is 18.3 Å². The number of nitrogens with one attached hydrogen (secondary N) is 1. The molecule has 1 amide bonds. The van der Waals surface area contributed by atoms with E-state index in [0.717, 1.165) is 29.1 Å². The van der Waals surface area contributed by atoms with E-state index in [4.69, 9.17) is 4.74 Å². The number of thiophene rings is 1. The zero-order valence-corrected chi connectivity index (χ0v) is 15.9. The summed E-state index contributed by atoms with van der Waals surface area (Å²) in [6.07, 6.45) is 2.28. The van der Waals surface area contributed by atoms with Crippen LogP contribution in [0.1, 0.15) is 62.1 Å². The number of hydrogen-bond donors (Lipinski definition) is 1. The van der Waals surface area contributed by atoms with Gasteiger partial charge in [0.15, 0.2) is 6.61 Å². The van der Waals surface area contributed by atoms with Crippen molar-refractivity contribution >= 4 is 29.0 Å². The minimum atomic E-state index is -0.464. The fourth-order valence-electron chi connectivity index (χ4n) is 2.99. The number of carbonyl (C=O) groups is 3. The number of nitrogens with zero attached hydrogens (tertiary/aromatic N) is 1. The molecule has 0 aliphatic heterocycles. The smallest absolute Gasteiger partial charge is 0.340 e. The van der Waals surface area contributed by atoms with E-state index < -0.39 is 5.97 Å². The van der Waals surface area contributed by atoms with Gasteiger partial charge in [-0.25, -0.2) is 4.79 Å². The number of ketones is 1. The molecule has 1 aliphatic rings.